The lowest BCUT2D eigenvalue weighted by Gasteiger charge is -2.34. The topological polar surface area (TPSA) is 76.1 Å². The molecule has 0 bridgehead atoms. The monoisotopic (exact) mass is 287 g/mol. The van der Waals surface area contributed by atoms with Gasteiger partial charge in [0, 0.05) is 13.7 Å². The molecule has 20 heavy (non-hydrogen) atoms. The highest BCUT2D eigenvalue weighted by atomic mass is 16.6. The Morgan fingerprint density at radius 1 is 1.35 bits per heavy atom. The second-order valence-electron chi connectivity index (χ2n) is 6.21. The van der Waals surface area contributed by atoms with E-state index in [2.05, 4.69) is 0 Å². The van der Waals surface area contributed by atoms with Gasteiger partial charge in [-0.1, -0.05) is 0 Å². The lowest BCUT2D eigenvalue weighted by Crippen LogP contribution is -2.49. The Hall–Kier alpha value is -1.30. The van der Waals surface area contributed by atoms with Crippen LogP contribution in [0.5, 0.6) is 0 Å². The van der Waals surface area contributed by atoms with Crippen molar-refractivity contribution in [3.05, 3.63) is 0 Å². The van der Waals surface area contributed by atoms with Crippen LogP contribution in [0.15, 0.2) is 0 Å². The Morgan fingerprint density at radius 3 is 2.40 bits per heavy atom. The molecule has 6 heteroatoms. The zero-order chi connectivity index (χ0) is 15.5. The van der Waals surface area contributed by atoms with E-state index in [4.69, 9.17) is 14.6 Å². The Balaban J connectivity index is 2.82. The van der Waals surface area contributed by atoms with Gasteiger partial charge in [-0.25, -0.2) is 4.79 Å². The second-order valence-corrected chi connectivity index (χ2v) is 6.21. The van der Waals surface area contributed by atoms with Crippen molar-refractivity contribution < 1.29 is 24.2 Å². The molecular weight excluding hydrogens is 262 g/mol. The van der Waals surface area contributed by atoms with Crippen molar-refractivity contribution in [1.29, 1.82) is 0 Å². The molecule has 0 aliphatic carbocycles. The van der Waals surface area contributed by atoms with Gasteiger partial charge in [0.25, 0.3) is 0 Å². The number of hydrogen-bond acceptors (Lipinski definition) is 4. The first-order chi connectivity index (χ1) is 9.17. The number of carbonyl (C=O) groups is 2. The van der Waals surface area contributed by atoms with Crippen LogP contribution in [0.2, 0.25) is 0 Å². The van der Waals surface area contributed by atoms with Gasteiger partial charge in [-0.05, 0) is 40.5 Å². The van der Waals surface area contributed by atoms with Crippen LogP contribution in [0.4, 0.5) is 4.79 Å². The van der Waals surface area contributed by atoms with Gasteiger partial charge in [0.05, 0.1) is 18.1 Å². The summed E-state index contributed by atoms with van der Waals surface area (Å²) in [5.74, 6) is -1.60. The molecule has 1 heterocycles. The van der Waals surface area contributed by atoms with Crippen LogP contribution >= 0.6 is 0 Å². The first-order valence-electron chi connectivity index (χ1n) is 6.92. The van der Waals surface area contributed by atoms with Gasteiger partial charge in [0.15, 0.2) is 0 Å². The number of amides is 1. The standard InChI is InChI=1S/C14H25NO5/c1-9(12(16)17)11(19-5)10-7-6-8-15(10)13(18)20-14(2,3)4/h9-11H,6-8H2,1-5H3,(H,16,17). The van der Waals surface area contributed by atoms with E-state index >= 15 is 0 Å². The summed E-state index contributed by atoms with van der Waals surface area (Å²) in [5, 5.41) is 9.14. The number of carboxylic acid groups (broad SMARTS) is 1. The van der Waals surface area contributed by atoms with Crippen LogP contribution in [-0.2, 0) is 14.3 Å². The van der Waals surface area contributed by atoms with Crippen molar-refractivity contribution in [3.63, 3.8) is 0 Å². The van der Waals surface area contributed by atoms with Crippen molar-refractivity contribution in [2.24, 2.45) is 5.92 Å². The average molecular weight is 287 g/mol. The molecule has 0 aromatic carbocycles. The van der Waals surface area contributed by atoms with Gasteiger partial charge in [0.1, 0.15) is 5.60 Å². The molecule has 0 radical (unpaired) electrons. The molecule has 3 unspecified atom stereocenters. The number of hydrogen-bond donors (Lipinski definition) is 1. The predicted molar refractivity (Wildman–Crippen MR) is 73.6 cm³/mol. The number of ether oxygens (including phenoxy) is 2. The molecule has 0 aromatic rings. The summed E-state index contributed by atoms with van der Waals surface area (Å²) in [4.78, 5) is 24.9. The molecule has 3 atom stereocenters. The third-order valence-electron chi connectivity index (χ3n) is 3.46. The van der Waals surface area contributed by atoms with Gasteiger partial charge >= 0.3 is 12.1 Å². The van der Waals surface area contributed by atoms with Crippen LogP contribution in [0.3, 0.4) is 0 Å². The number of nitrogens with zero attached hydrogens (tertiary/aromatic N) is 1. The largest absolute Gasteiger partial charge is 0.481 e. The highest BCUT2D eigenvalue weighted by Crippen LogP contribution is 2.27. The fraction of sp³-hybridized carbons (Fsp3) is 0.857. The normalized spacial score (nSPS) is 22.4. The molecule has 0 spiro atoms. The Morgan fingerprint density at radius 2 is 1.95 bits per heavy atom. The lowest BCUT2D eigenvalue weighted by atomic mass is 9.96. The SMILES string of the molecule is COC(C(C)C(=O)O)C1CCCN1C(=O)OC(C)(C)C. The highest BCUT2D eigenvalue weighted by Gasteiger charge is 2.41. The maximum atomic E-state index is 12.2. The summed E-state index contributed by atoms with van der Waals surface area (Å²) in [5.41, 5.74) is -0.564. The van der Waals surface area contributed by atoms with Crippen molar-refractivity contribution in [3.8, 4) is 0 Å². The fourth-order valence-electron chi connectivity index (χ4n) is 2.52. The number of aliphatic carboxylic acids is 1. The number of rotatable bonds is 4. The fourth-order valence-corrected chi connectivity index (χ4v) is 2.52. The van der Waals surface area contributed by atoms with Gasteiger partial charge in [-0.3, -0.25) is 4.79 Å². The molecule has 1 amide bonds. The third-order valence-corrected chi connectivity index (χ3v) is 3.46. The minimum Gasteiger partial charge on any atom is -0.481 e. The van der Waals surface area contributed by atoms with Crippen molar-refractivity contribution in [2.75, 3.05) is 13.7 Å². The van der Waals surface area contributed by atoms with Crippen LogP contribution < -0.4 is 0 Å². The van der Waals surface area contributed by atoms with Crippen molar-refractivity contribution in [1.82, 2.24) is 4.90 Å². The van der Waals surface area contributed by atoms with Crippen LogP contribution in [0.1, 0.15) is 40.5 Å². The molecule has 0 saturated carbocycles. The van der Waals surface area contributed by atoms with Gasteiger partial charge < -0.3 is 19.5 Å². The maximum absolute atomic E-state index is 12.2. The van der Waals surface area contributed by atoms with Crippen LogP contribution in [-0.4, -0.2) is 53.5 Å². The molecule has 116 valence electrons. The summed E-state index contributed by atoms with van der Waals surface area (Å²) in [6.07, 6.45) is 0.632. The summed E-state index contributed by atoms with van der Waals surface area (Å²) in [6.45, 7) is 7.60. The van der Waals surface area contributed by atoms with Crippen molar-refractivity contribution in [2.45, 2.75) is 58.3 Å². The molecule has 1 N–H and O–H groups in total. The predicted octanol–water partition coefficient (Wildman–Crippen LogP) is 2.12. The van der Waals surface area contributed by atoms with E-state index in [0.717, 1.165) is 12.8 Å². The first-order valence-corrected chi connectivity index (χ1v) is 6.92. The first kappa shape index (κ1) is 16.8. The molecular formula is C14H25NO5. The molecule has 1 fully saturated rings. The third kappa shape index (κ3) is 4.10. The summed E-state index contributed by atoms with van der Waals surface area (Å²) in [7, 11) is 1.48. The molecule has 1 aliphatic heterocycles. The minimum atomic E-state index is -0.923. The summed E-state index contributed by atoms with van der Waals surface area (Å²) < 4.78 is 10.7. The highest BCUT2D eigenvalue weighted by molar-refractivity contribution is 5.71. The Kier molecular flexibility index (Phi) is 5.39. The lowest BCUT2D eigenvalue weighted by molar-refractivity contribution is -0.147. The van der Waals surface area contributed by atoms with E-state index in [-0.39, 0.29) is 6.04 Å². The van der Waals surface area contributed by atoms with E-state index in [0.29, 0.717) is 6.54 Å². The number of methoxy groups -OCH3 is 1. The van der Waals surface area contributed by atoms with Crippen LogP contribution in [0.25, 0.3) is 0 Å². The molecule has 1 aliphatic rings. The van der Waals surface area contributed by atoms with Crippen molar-refractivity contribution >= 4 is 12.1 Å². The quantitative estimate of drug-likeness (QED) is 0.857. The Labute approximate surface area is 120 Å². The zero-order valence-corrected chi connectivity index (χ0v) is 12.9. The molecule has 6 nitrogen and oxygen atoms in total. The van der Waals surface area contributed by atoms with E-state index in [1.54, 1.807) is 11.8 Å². The van der Waals surface area contributed by atoms with E-state index < -0.39 is 29.7 Å². The molecule has 1 saturated heterocycles. The average Bonchev–Trinajstić information content (AvgIpc) is 2.76. The van der Waals surface area contributed by atoms with E-state index in [1.165, 1.54) is 7.11 Å². The number of carboxylic acids is 1. The maximum Gasteiger partial charge on any atom is 0.410 e. The van der Waals surface area contributed by atoms with Gasteiger partial charge in [0.2, 0.25) is 0 Å². The smallest absolute Gasteiger partial charge is 0.410 e. The van der Waals surface area contributed by atoms with Crippen LogP contribution in [0, 0.1) is 5.92 Å². The minimum absolute atomic E-state index is 0.249. The van der Waals surface area contributed by atoms with E-state index in [1.807, 2.05) is 20.8 Å². The second kappa shape index (κ2) is 6.43. The van der Waals surface area contributed by atoms with E-state index in [9.17, 15) is 9.59 Å². The van der Waals surface area contributed by atoms with Gasteiger partial charge in [-0.2, -0.15) is 0 Å². The zero-order valence-electron chi connectivity index (χ0n) is 12.9. The Bertz CT molecular complexity index is 363. The summed E-state index contributed by atoms with van der Waals surface area (Å²) in [6, 6.07) is -0.249. The van der Waals surface area contributed by atoms with Gasteiger partial charge in [-0.15, -0.1) is 0 Å². The molecule has 1 rings (SSSR count). The number of likely N-dealkylation sites (tertiary alicyclic amines) is 1. The molecule has 0 aromatic heterocycles. The summed E-state index contributed by atoms with van der Waals surface area (Å²) >= 11 is 0. The number of carbonyl (C=O) groups excluding carboxylic acids is 1.